The maximum atomic E-state index is 12.4. The molecule has 0 saturated carbocycles. The van der Waals surface area contributed by atoms with Gasteiger partial charge in [-0.1, -0.05) is 20.4 Å². The number of rotatable bonds is 0. The Kier molecular flexibility index (Phi) is 7.54. The van der Waals surface area contributed by atoms with Gasteiger partial charge < -0.3 is 0 Å². The summed E-state index contributed by atoms with van der Waals surface area (Å²) in [7, 11) is 0. The first-order valence-electron chi connectivity index (χ1n) is 2.49. The van der Waals surface area contributed by atoms with E-state index in [0.29, 0.717) is 4.47 Å². The van der Waals surface area contributed by atoms with Crippen LogP contribution in [0.3, 0.4) is 0 Å². The van der Waals surface area contributed by atoms with Crippen LogP contribution in [-0.4, -0.2) is 0 Å². The van der Waals surface area contributed by atoms with Gasteiger partial charge in [-0.25, -0.2) is 4.39 Å². The van der Waals surface area contributed by atoms with E-state index in [2.05, 4.69) is 41.7 Å². The molecular formula is C6H2BrClFIZn. The Bertz CT molecular complexity index is 214. The van der Waals surface area contributed by atoms with E-state index < -0.39 is 5.82 Å². The summed E-state index contributed by atoms with van der Waals surface area (Å²) in [6.07, 6.45) is 0. The number of halogens is 4. The SMILES string of the molecule is Fc1[c-]ccc(Br)c1Cl.[Zn+][I]. The van der Waals surface area contributed by atoms with Crippen molar-refractivity contribution < 1.29 is 19.2 Å². The molecule has 0 radical (unpaired) electrons. The van der Waals surface area contributed by atoms with Crippen molar-refractivity contribution in [3.8, 4) is 0 Å². The van der Waals surface area contributed by atoms with Crippen LogP contribution < -0.4 is 0 Å². The summed E-state index contributed by atoms with van der Waals surface area (Å²) in [6, 6.07) is 5.41. The van der Waals surface area contributed by atoms with Gasteiger partial charge in [0.15, 0.2) is 0 Å². The Morgan fingerprint density at radius 3 is 2.55 bits per heavy atom. The Balaban J connectivity index is 0.000000461. The van der Waals surface area contributed by atoms with Gasteiger partial charge in [0, 0.05) is 5.82 Å². The van der Waals surface area contributed by atoms with E-state index in [1.165, 1.54) is 20.9 Å². The van der Waals surface area contributed by atoms with E-state index in [9.17, 15) is 4.39 Å². The van der Waals surface area contributed by atoms with Crippen molar-refractivity contribution in [1.82, 2.24) is 0 Å². The molecule has 0 aliphatic carbocycles. The van der Waals surface area contributed by atoms with Gasteiger partial charge in [0.05, 0.1) is 0 Å². The summed E-state index contributed by atoms with van der Waals surface area (Å²) in [5, 5.41) is 0.0810. The van der Waals surface area contributed by atoms with E-state index in [1.54, 1.807) is 6.07 Å². The quantitative estimate of drug-likeness (QED) is 0.268. The van der Waals surface area contributed by atoms with Crippen LogP contribution in [-0.2, 0) is 14.8 Å². The van der Waals surface area contributed by atoms with Gasteiger partial charge in [0.1, 0.15) is 0 Å². The predicted octanol–water partition coefficient (Wildman–Crippen LogP) is 3.92. The van der Waals surface area contributed by atoms with Crippen molar-refractivity contribution in [3.05, 3.63) is 33.5 Å². The summed E-state index contributed by atoms with van der Waals surface area (Å²) in [5.74, 6) is -0.522. The van der Waals surface area contributed by atoms with E-state index in [1.807, 2.05) is 0 Å². The zero-order valence-electron chi connectivity index (χ0n) is 5.37. The molecule has 0 unspecified atom stereocenters. The van der Waals surface area contributed by atoms with E-state index in [0.717, 1.165) is 0 Å². The third-order valence-corrected chi connectivity index (χ3v) is 2.10. The molecule has 56 valence electrons. The molecule has 1 aromatic rings. The minimum atomic E-state index is -0.522. The van der Waals surface area contributed by atoms with E-state index in [-0.39, 0.29) is 5.02 Å². The Morgan fingerprint density at radius 2 is 2.18 bits per heavy atom. The molecule has 0 bridgehead atoms. The Morgan fingerprint density at radius 1 is 1.64 bits per heavy atom. The second-order valence-electron chi connectivity index (χ2n) is 1.45. The van der Waals surface area contributed by atoms with Gasteiger partial charge in [-0.2, -0.15) is 23.7 Å². The standard InChI is InChI=1S/C6H2BrClF.HI.Zn/c7-4-2-1-3-5(9)6(4)8;;/h1-2H;1H;/q-1;;+2/p-1. The molecule has 0 aliphatic heterocycles. The average molecular weight is 401 g/mol. The second kappa shape index (κ2) is 6.75. The van der Waals surface area contributed by atoms with E-state index in [4.69, 9.17) is 11.6 Å². The fourth-order valence-electron chi connectivity index (χ4n) is 0.429. The van der Waals surface area contributed by atoms with Gasteiger partial charge >= 0.3 is 34.5 Å². The van der Waals surface area contributed by atoms with Crippen molar-refractivity contribution in [1.29, 1.82) is 0 Å². The van der Waals surface area contributed by atoms with Crippen molar-refractivity contribution >= 4 is 47.3 Å². The molecule has 1 aromatic carbocycles. The molecule has 11 heavy (non-hydrogen) atoms. The summed E-state index contributed by atoms with van der Waals surface area (Å²) < 4.78 is 12.9. The molecule has 0 saturated heterocycles. The average Bonchev–Trinajstić information content (AvgIpc) is 2.04. The van der Waals surface area contributed by atoms with Gasteiger partial charge in [-0.15, -0.1) is 6.07 Å². The summed E-state index contributed by atoms with van der Waals surface area (Å²) in [5.41, 5.74) is 0. The number of benzene rings is 1. The normalized spacial score (nSPS) is 8.55. The first-order chi connectivity index (χ1) is 5.22. The predicted molar refractivity (Wildman–Crippen MR) is 52.0 cm³/mol. The number of hydrogen-bond donors (Lipinski definition) is 0. The maximum absolute atomic E-state index is 12.4. The molecule has 0 aliphatic rings. The van der Waals surface area contributed by atoms with Gasteiger partial charge in [0.25, 0.3) is 0 Å². The van der Waals surface area contributed by atoms with Crippen molar-refractivity contribution in [2.24, 2.45) is 0 Å². The van der Waals surface area contributed by atoms with Crippen LogP contribution >= 0.6 is 47.3 Å². The summed E-state index contributed by atoms with van der Waals surface area (Å²) >= 11 is 12.1. The summed E-state index contributed by atoms with van der Waals surface area (Å²) in [4.78, 5) is 0. The zero-order valence-corrected chi connectivity index (χ0v) is 12.8. The zero-order chi connectivity index (χ0) is 8.85. The van der Waals surface area contributed by atoms with Crippen LogP contribution in [0.5, 0.6) is 0 Å². The van der Waals surface area contributed by atoms with Crippen molar-refractivity contribution in [2.75, 3.05) is 0 Å². The molecule has 1 rings (SSSR count). The van der Waals surface area contributed by atoms with Crippen LogP contribution in [0.4, 0.5) is 4.39 Å². The Labute approximate surface area is 98.9 Å². The molecule has 0 aromatic heterocycles. The monoisotopic (exact) mass is 398 g/mol. The first kappa shape index (κ1) is 12.3. The molecule has 0 atom stereocenters. The van der Waals surface area contributed by atoms with Crippen LogP contribution in [0, 0.1) is 11.9 Å². The van der Waals surface area contributed by atoms with Gasteiger partial charge in [0.2, 0.25) is 0 Å². The molecule has 0 nitrogen and oxygen atoms in total. The van der Waals surface area contributed by atoms with Crippen molar-refractivity contribution in [3.63, 3.8) is 0 Å². The van der Waals surface area contributed by atoms with Gasteiger partial charge in [-0.3, -0.25) is 0 Å². The third-order valence-electron chi connectivity index (χ3n) is 0.842. The van der Waals surface area contributed by atoms with Crippen LogP contribution in [0.1, 0.15) is 0 Å². The molecule has 0 amide bonds. The van der Waals surface area contributed by atoms with Crippen LogP contribution in [0.2, 0.25) is 5.02 Å². The van der Waals surface area contributed by atoms with Crippen LogP contribution in [0.25, 0.3) is 0 Å². The molecular weight excluding hydrogens is 399 g/mol. The first-order valence-corrected chi connectivity index (χ1v) is 12.7. The fraction of sp³-hybridized carbons (Fsp3) is 0. The molecule has 0 fully saturated rings. The third kappa shape index (κ3) is 4.16. The minimum absolute atomic E-state index is 0.0810. The molecule has 0 N–H and O–H groups in total. The van der Waals surface area contributed by atoms with Crippen molar-refractivity contribution in [2.45, 2.75) is 0 Å². The molecule has 5 heteroatoms. The molecule has 0 spiro atoms. The molecule has 0 heterocycles. The fourth-order valence-corrected chi connectivity index (χ4v) is 0.853. The van der Waals surface area contributed by atoms with Gasteiger partial charge in [-0.05, 0) is 5.02 Å². The number of hydrogen-bond acceptors (Lipinski definition) is 0. The summed E-state index contributed by atoms with van der Waals surface area (Å²) in [6.45, 7) is 0. The Hall–Kier alpha value is 1.27. The van der Waals surface area contributed by atoms with E-state index >= 15 is 0 Å². The topological polar surface area (TPSA) is 0 Å². The van der Waals surface area contributed by atoms with Crippen LogP contribution in [0.15, 0.2) is 16.6 Å². The second-order valence-corrected chi connectivity index (χ2v) is 2.69.